The minimum atomic E-state index is -3.38. The highest BCUT2D eigenvalue weighted by atomic mass is 79.9. The molecule has 0 radical (unpaired) electrons. The monoisotopic (exact) mass is 358 g/mol. The van der Waals surface area contributed by atoms with E-state index in [0.717, 1.165) is 18.7 Å². The van der Waals surface area contributed by atoms with E-state index in [4.69, 9.17) is 0 Å². The summed E-state index contributed by atoms with van der Waals surface area (Å²) in [5.74, 6) is 0. The summed E-state index contributed by atoms with van der Waals surface area (Å²) in [6, 6.07) is 6.11. The van der Waals surface area contributed by atoms with E-state index in [-0.39, 0.29) is 0 Å². The van der Waals surface area contributed by atoms with Gasteiger partial charge in [-0.1, -0.05) is 6.07 Å². The average Bonchev–Trinajstić information content (AvgIpc) is 3.22. The van der Waals surface area contributed by atoms with Crippen molar-refractivity contribution in [3.05, 3.63) is 28.2 Å². The Morgan fingerprint density at radius 2 is 1.80 bits per heavy atom. The van der Waals surface area contributed by atoms with Gasteiger partial charge in [-0.2, -0.15) is 4.31 Å². The lowest BCUT2D eigenvalue weighted by atomic mass is 10.2. The number of benzene rings is 1. The number of aryl methyl sites for hydroxylation is 1. The van der Waals surface area contributed by atoms with Crippen LogP contribution in [0.5, 0.6) is 0 Å². The van der Waals surface area contributed by atoms with Gasteiger partial charge in [-0.05, 0) is 53.4 Å². The Kier molecular flexibility index (Phi) is 3.92. The smallest absolute Gasteiger partial charge is 0.244 e. The second kappa shape index (κ2) is 5.40. The summed E-state index contributed by atoms with van der Waals surface area (Å²) in [5.41, 5.74) is 1.05. The summed E-state index contributed by atoms with van der Waals surface area (Å²) >= 11 is 3.38. The topological polar surface area (TPSA) is 40.6 Å². The SMILES string of the molecule is Cc1ccc(S(=O)(=O)N2CCN(C3CC3)CC2)c(Br)c1. The summed E-state index contributed by atoms with van der Waals surface area (Å²) in [7, 11) is -3.38. The van der Waals surface area contributed by atoms with Gasteiger partial charge in [-0.3, -0.25) is 4.90 Å². The van der Waals surface area contributed by atoms with E-state index < -0.39 is 10.0 Å². The van der Waals surface area contributed by atoms with Crippen LogP contribution in [-0.2, 0) is 10.0 Å². The second-order valence-corrected chi connectivity index (χ2v) is 8.37. The third-order valence-electron chi connectivity index (χ3n) is 4.04. The molecular formula is C14H19BrN2O2S. The van der Waals surface area contributed by atoms with Gasteiger partial charge in [0.25, 0.3) is 0 Å². The Morgan fingerprint density at radius 1 is 1.15 bits per heavy atom. The molecule has 0 amide bonds. The van der Waals surface area contributed by atoms with Crippen molar-refractivity contribution in [1.82, 2.24) is 9.21 Å². The first-order chi connectivity index (χ1) is 9.48. The normalized spacial score (nSPS) is 22.1. The molecule has 2 fully saturated rings. The molecule has 0 aromatic heterocycles. The molecule has 0 bridgehead atoms. The highest BCUT2D eigenvalue weighted by Gasteiger charge is 2.35. The number of nitrogens with zero attached hydrogens (tertiary/aromatic N) is 2. The second-order valence-electron chi connectivity index (χ2n) is 5.61. The van der Waals surface area contributed by atoms with Gasteiger partial charge in [0, 0.05) is 36.7 Å². The van der Waals surface area contributed by atoms with Crippen molar-refractivity contribution in [1.29, 1.82) is 0 Å². The molecule has 1 saturated carbocycles. The lowest BCUT2D eigenvalue weighted by Gasteiger charge is -2.34. The van der Waals surface area contributed by atoms with Crippen molar-refractivity contribution >= 4 is 26.0 Å². The quantitative estimate of drug-likeness (QED) is 0.831. The van der Waals surface area contributed by atoms with Crippen molar-refractivity contribution in [3.63, 3.8) is 0 Å². The van der Waals surface area contributed by atoms with E-state index in [9.17, 15) is 8.42 Å². The Morgan fingerprint density at radius 3 is 2.35 bits per heavy atom. The van der Waals surface area contributed by atoms with Crippen LogP contribution in [-0.4, -0.2) is 49.8 Å². The van der Waals surface area contributed by atoms with Gasteiger partial charge in [-0.25, -0.2) is 8.42 Å². The number of piperazine rings is 1. The number of hydrogen-bond acceptors (Lipinski definition) is 3. The van der Waals surface area contributed by atoms with Gasteiger partial charge >= 0.3 is 0 Å². The lowest BCUT2D eigenvalue weighted by Crippen LogP contribution is -2.49. The third kappa shape index (κ3) is 2.79. The van der Waals surface area contributed by atoms with E-state index in [1.807, 2.05) is 19.1 Å². The van der Waals surface area contributed by atoms with Crippen molar-refractivity contribution in [3.8, 4) is 0 Å². The molecule has 3 rings (SSSR count). The maximum Gasteiger partial charge on any atom is 0.244 e. The first-order valence-corrected chi connectivity index (χ1v) is 9.22. The van der Waals surface area contributed by atoms with Crippen LogP contribution < -0.4 is 0 Å². The van der Waals surface area contributed by atoms with Gasteiger partial charge in [0.2, 0.25) is 10.0 Å². The summed E-state index contributed by atoms with van der Waals surface area (Å²) in [4.78, 5) is 2.79. The van der Waals surface area contributed by atoms with Gasteiger partial charge in [-0.15, -0.1) is 0 Å². The van der Waals surface area contributed by atoms with Crippen LogP contribution in [0.1, 0.15) is 18.4 Å². The van der Waals surface area contributed by atoms with Crippen molar-refractivity contribution in [2.45, 2.75) is 30.7 Å². The number of sulfonamides is 1. The standard InChI is InChI=1S/C14H19BrN2O2S/c1-11-2-5-14(13(15)10-11)20(18,19)17-8-6-16(7-9-17)12-3-4-12/h2,5,10,12H,3-4,6-9H2,1H3. The Hall–Kier alpha value is -0.430. The molecule has 1 aromatic carbocycles. The minimum absolute atomic E-state index is 0.378. The molecule has 0 unspecified atom stereocenters. The lowest BCUT2D eigenvalue weighted by molar-refractivity contribution is 0.180. The molecule has 1 saturated heterocycles. The van der Waals surface area contributed by atoms with E-state index >= 15 is 0 Å². The Balaban J connectivity index is 1.78. The predicted octanol–water partition coefficient (Wildman–Crippen LogP) is 2.23. The van der Waals surface area contributed by atoms with Gasteiger partial charge in [0.15, 0.2) is 0 Å². The zero-order chi connectivity index (χ0) is 14.3. The van der Waals surface area contributed by atoms with Gasteiger partial charge in [0.05, 0.1) is 4.90 Å². The number of rotatable bonds is 3. The molecule has 20 heavy (non-hydrogen) atoms. The van der Waals surface area contributed by atoms with Crippen LogP contribution in [0.2, 0.25) is 0 Å². The van der Waals surface area contributed by atoms with Crippen LogP contribution in [0, 0.1) is 6.92 Å². The Bertz CT molecular complexity index is 606. The number of halogens is 1. The van der Waals surface area contributed by atoms with Gasteiger partial charge in [0.1, 0.15) is 0 Å². The Labute approximate surface area is 128 Å². The molecular weight excluding hydrogens is 340 g/mol. The maximum atomic E-state index is 12.7. The molecule has 0 spiro atoms. The van der Waals surface area contributed by atoms with E-state index in [2.05, 4.69) is 20.8 Å². The van der Waals surface area contributed by atoms with E-state index in [1.54, 1.807) is 10.4 Å². The largest absolute Gasteiger partial charge is 0.298 e. The molecule has 1 aromatic rings. The number of hydrogen-bond donors (Lipinski definition) is 0. The fraction of sp³-hybridized carbons (Fsp3) is 0.571. The fourth-order valence-electron chi connectivity index (χ4n) is 2.70. The molecule has 6 heteroatoms. The van der Waals surface area contributed by atoms with Crippen molar-refractivity contribution in [2.24, 2.45) is 0 Å². The minimum Gasteiger partial charge on any atom is -0.298 e. The summed E-state index contributed by atoms with van der Waals surface area (Å²) in [6.07, 6.45) is 2.55. The molecule has 1 aliphatic carbocycles. The molecule has 0 N–H and O–H groups in total. The van der Waals surface area contributed by atoms with Crippen LogP contribution >= 0.6 is 15.9 Å². The summed E-state index contributed by atoms with van der Waals surface area (Å²) in [6.45, 7) is 4.86. The molecule has 0 atom stereocenters. The zero-order valence-corrected chi connectivity index (χ0v) is 14.0. The average molecular weight is 359 g/mol. The van der Waals surface area contributed by atoms with Crippen molar-refractivity contribution < 1.29 is 8.42 Å². The molecule has 1 aliphatic heterocycles. The zero-order valence-electron chi connectivity index (χ0n) is 11.5. The first kappa shape index (κ1) is 14.5. The highest BCUT2D eigenvalue weighted by Crippen LogP contribution is 2.30. The van der Waals surface area contributed by atoms with E-state index in [1.165, 1.54) is 12.8 Å². The first-order valence-electron chi connectivity index (χ1n) is 6.99. The summed E-state index contributed by atoms with van der Waals surface area (Å²) in [5, 5.41) is 0. The predicted molar refractivity (Wildman–Crippen MR) is 82.2 cm³/mol. The molecule has 4 nitrogen and oxygen atoms in total. The fourth-order valence-corrected chi connectivity index (χ4v) is 5.28. The van der Waals surface area contributed by atoms with Crippen LogP contribution in [0.4, 0.5) is 0 Å². The van der Waals surface area contributed by atoms with Gasteiger partial charge < -0.3 is 0 Å². The third-order valence-corrected chi connectivity index (χ3v) is 6.92. The highest BCUT2D eigenvalue weighted by molar-refractivity contribution is 9.10. The molecule has 1 heterocycles. The van der Waals surface area contributed by atoms with E-state index in [0.29, 0.717) is 28.5 Å². The van der Waals surface area contributed by atoms with Crippen LogP contribution in [0.25, 0.3) is 0 Å². The molecule has 2 aliphatic rings. The molecule has 110 valence electrons. The van der Waals surface area contributed by atoms with Crippen LogP contribution in [0.15, 0.2) is 27.6 Å². The summed E-state index contributed by atoms with van der Waals surface area (Å²) < 4.78 is 27.6. The maximum absolute atomic E-state index is 12.7. The van der Waals surface area contributed by atoms with Crippen molar-refractivity contribution in [2.75, 3.05) is 26.2 Å². The van der Waals surface area contributed by atoms with Crippen LogP contribution in [0.3, 0.4) is 0 Å².